The molecule has 3 aromatic rings. The molecule has 2 aliphatic rings. The third-order valence-electron chi connectivity index (χ3n) is 8.23. The Hall–Kier alpha value is -3.40. The summed E-state index contributed by atoms with van der Waals surface area (Å²) in [4.78, 5) is 20.4. The Morgan fingerprint density at radius 3 is 2.50 bits per heavy atom. The monoisotopic (exact) mass is 565 g/mol. The lowest BCUT2D eigenvalue weighted by Crippen LogP contribution is -2.41. The van der Waals surface area contributed by atoms with Crippen molar-refractivity contribution in [2.75, 3.05) is 18.1 Å². The van der Waals surface area contributed by atoms with Gasteiger partial charge in [-0.15, -0.1) is 5.10 Å². The fourth-order valence-corrected chi connectivity index (χ4v) is 7.14. The van der Waals surface area contributed by atoms with E-state index in [9.17, 15) is 13.2 Å². The van der Waals surface area contributed by atoms with Crippen LogP contribution in [-0.4, -0.2) is 47.8 Å². The van der Waals surface area contributed by atoms with Crippen molar-refractivity contribution < 1.29 is 17.9 Å². The molecule has 1 aromatic carbocycles. The zero-order chi connectivity index (χ0) is 28.5. The van der Waals surface area contributed by atoms with Crippen molar-refractivity contribution in [3.8, 4) is 11.7 Å². The molecule has 9 nitrogen and oxygen atoms in total. The Morgan fingerprint density at radius 2 is 1.88 bits per heavy atom. The number of hydrogen-bond donors (Lipinski definition) is 1. The molecule has 10 heteroatoms. The van der Waals surface area contributed by atoms with Crippen LogP contribution in [0.15, 0.2) is 59.6 Å². The highest BCUT2D eigenvalue weighted by Crippen LogP contribution is 2.45. The second-order valence-electron chi connectivity index (χ2n) is 12.0. The molecule has 2 fully saturated rings. The third kappa shape index (κ3) is 5.73. The lowest BCUT2D eigenvalue weighted by molar-refractivity contribution is 0.0456. The van der Waals surface area contributed by atoms with E-state index in [-0.39, 0.29) is 21.4 Å². The third-order valence-corrected chi connectivity index (χ3v) is 9.58. The Labute approximate surface area is 237 Å². The van der Waals surface area contributed by atoms with Gasteiger partial charge in [0.1, 0.15) is 5.82 Å². The van der Waals surface area contributed by atoms with Crippen molar-refractivity contribution >= 4 is 21.7 Å². The zero-order valence-corrected chi connectivity index (χ0v) is 24.6. The summed E-state index contributed by atoms with van der Waals surface area (Å²) in [6.45, 7) is 9.95. The normalized spacial score (nSPS) is 19.7. The van der Waals surface area contributed by atoms with Gasteiger partial charge < -0.3 is 9.64 Å². The summed E-state index contributed by atoms with van der Waals surface area (Å²) in [5.41, 5.74) is 0.185. The number of rotatable bonds is 10. The molecule has 1 amide bonds. The molecule has 1 saturated carbocycles. The van der Waals surface area contributed by atoms with E-state index in [1.165, 1.54) is 31.4 Å². The van der Waals surface area contributed by atoms with Gasteiger partial charge in [-0.1, -0.05) is 44.9 Å². The predicted octanol–water partition coefficient (Wildman–Crippen LogP) is 5.36. The van der Waals surface area contributed by atoms with Crippen LogP contribution < -0.4 is 14.4 Å². The number of anilines is 1. The molecule has 0 radical (unpaired) electrons. The van der Waals surface area contributed by atoms with Crippen LogP contribution in [0.3, 0.4) is 0 Å². The van der Waals surface area contributed by atoms with Crippen molar-refractivity contribution in [1.29, 1.82) is 0 Å². The summed E-state index contributed by atoms with van der Waals surface area (Å²) < 4.78 is 35.8. The lowest BCUT2D eigenvalue weighted by Gasteiger charge is -2.41. The summed E-state index contributed by atoms with van der Waals surface area (Å²) >= 11 is 0. The van der Waals surface area contributed by atoms with Crippen molar-refractivity contribution in [3.05, 3.63) is 60.3 Å². The van der Waals surface area contributed by atoms with Crippen LogP contribution in [0.2, 0.25) is 0 Å². The van der Waals surface area contributed by atoms with Gasteiger partial charge in [-0.3, -0.25) is 4.79 Å². The number of carbonyl (C=O) groups excluding carboxylic acids is 1. The topological polar surface area (TPSA) is 106 Å². The molecule has 0 bridgehead atoms. The van der Waals surface area contributed by atoms with Gasteiger partial charge >= 0.3 is 0 Å². The molecule has 0 unspecified atom stereocenters. The number of amides is 1. The molecular weight excluding hydrogens is 526 g/mol. The standard InChI is InChI=1S/C30H39N5O4S/c1-5-15-30(16-9-17-30)21-39-26-14-18-35(32-26)25-13-12-24(27(31-25)34-20-22(2)19-29(34,3)4)28(36)33-40(37,38)23-10-7-6-8-11-23/h6-8,10-14,18,22H,5,9,15-17,19-21H2,1-4H3,(H,33,36)/t22-/m0/s1. The minimum absolute atomic E-state index is 0.0243. The van der Waals surface area contributed by atoms with Crippen LogP contribution in [0.5, 0.6) is 5.88 Å². The molecule has 1 aliphatic carbocycles. The number of benzene rings is 1. The van der Waals surface area contributed by atoms with Gasteiger partial charge in [-0.05, 0) is 69.7 Å². The van der Waals surface area contributed by atoms with Crippen LogP contribution in [0.4, 0.5) is 5.82 Å². The molecule has 214 valence electrons. The Bertz CT molecular complexity index is 1460. The molecule has 1 atom stereocenters. The molecule has 2 aromatic heterocycles. The maximum Gasteiger partial charge on any atom is 0.268 e. The minimum Gasteiger partial charge on any atom is -0.476 e. The first-order chi connectivity index (χ1) is 19.0. The van der Waals surface area contributed by atoms with Gasteiger partial charge in [0.15, 0.2) is 5.82 Å². The molecule has 40 heavy (non-hydrogen) atoms. The maximum absolute atomic E-state index is 13.4. The molecule has 5 rings (SSSR count). The van der Waals surface area contributed by atoms with Crippen LogP contribution in [0, 0.1) is 11.3 Å². The van der Waals surface area contributed by atoms with E-state index in [1.807, 2.05) is 6.07 Å². The van der Waals surface area contributed by atoms with E-state index in [4.69, 9.17) is 9.72 Å². The smallest absolute Gasteiger partial charge is 0.268 e. The summed E-state index contributed by atoms with van der Waals surface area (Å²) in [7, 11) is -4.05. The fourth-order valence-electron chi connectivity index (χ4n) is 6.16. The van der Waals surface area contributed by atoms with E-state index in [0.29, 0.717) is 36.6 Å². The predicted molar refractivity (Wildman–Crippen MR) is 154 cm³/mol. The lowest BCUT2D eigenvalue weighted by atomic mass is 9.67. The number of sulfonamides is 1. The molecule has 0 spiro atoms. The van der Waals surface area contributed by atoms with E-state index < -0.39 is 15.9 Å². The Kier molecular flexibility index (Phi) is 7.65. The van der Waals surface area contributed by atoms with E-state index in [2.05, 4.69) is 42.4 Å². The van der Waals surface area contributed by atoms with Crippen molar-refractivity contribution in [2.24, 2.45) is 11.3 Å². The van der Waals surface area contributed by atoms with Gasteiger partial charge in [0, 0.05) is 29.8 Å². The van der Waals surface area contributed by atoms with Crippen LogP contribution >= 0.6 is 0 Å². The first-order valence-corrected chi connectivity index (χ1v) is 15.6. The number of hydrogen-bond acceptors (Lipinski definition) is 7. The highest BCUT2D eigenvalue weighted by atomic mass is 32.2. The number of pyridine rings is 1. The van der Waals surface area contributed by atoms with Gasteiger partial charge in [-0.25, -0.2) is 22.8 Å². The summed E-state index contributed by atoms with van der Waals surface area (Å²) in [5.74, 6) is 1.16. The SMILES string of the molecule is CCCC1(COc2ccn(-c3ccc(C(=O)NS(=O)(=O)c4ccccc4)c(N4C[C@@H](C)CC4(C)C)n3)n2)CCC1. The highest BCUT2D eigenvalue weighted by Gasteiger charge is 2.40. The van der Waals surface area contributed by atoms with Crippen LogP contribution in [0.25, 0.3) is 5.82 Å². The van der Waals surface area contributed by atoms with Gasteiger partial charge in [-0.2, -0.15) is 0 Å². The average molecular weight is 566 g/mol. The number of aromatic nitrogens is 3. The highest BCUT2D eigenvalue weighted by molar-refractivity contribution is 7.90. The van der Waals surface area contributed by atoms with E-state index in [0.717, 1.165) is 19.3 Å². The maximum atomic E-state index is 13.4. The Morgan fingerprint density at radius 1 is 1.12 bits per heavy atom. The second kappa shape index (κ2) is 10.9. The average Bonchev–Trinajstić information content (AvgIpc) is 3.48. The van der Waals surface area contributed by atoms with Crippen molar-refractivity contribution in [2.45, 2.75) is 76.7 Å². The number of nitrogens with zero attached hydrogens (tertiary/aromatic N) is 4. The number of nitrogens with one attached hydrogen (secondary N) is 1. The molecule has 3 heterocycles. The molecule has 1 N–H and O–H groups in total. The van der Waals surface area contributed by atoms with Crippen molar-refractivity contribution in [3.63, 3.8) is 0 Å². The minimum atomic E-state index is -4.05. The first-order valence-electron chi connectivity index (χ1n) is 14.1. The number of ether oxygens (including phenoxy) is 1. The molecule has 1 saturated heterocycles. The van der Waals surface area contributed by atoms with E-state index in [1.54, 1.807) is 41.2 Å². The van der Waals surface area contributed by atoms with Crippen molar-refractivity contribution in [1.82, 2.24) is 19.5 Å². The van der Waals surface area contributed by atoms with Crippen LogP contribution in [-0.2, 0) is 10.0 Å². The second-order valence-corrected chi connectivity index (χ2v) is 13.7. The zero-order valence-electron chi connectivity index (χ0n) is 23.8. The van der Waals surface area contributed by atoms with E-state index >= 15 is 0 Å². The summed E-state index contributed by atoms with van der Waals surface area (Å²) in [6, 6.07) is 13.0. The van der Waals surface area contributed by atoms with Gasteiger partial charge in [0.05, 0.1) is 17.1 Å². The summed E-state index contributed by atoms with van der Waals surface area (Å²) in [5, 5.41) is 4.61. The largest absolute Gasteiger partial charge is 0.476 e. The fraction of sp³-hybridized carbons (Fsp3) is 0.500. The van der Waals surface area contributed by atoms with Gasteiger partial charge in [0.25, 0.3) is 15.9 Å². The first kappa shape index (κ1) is 28.1. The van der Waals surface area contributed by atoms with Crippen LogP contribution in [0.1, 0.15) is 76.6 Å². The quantitative estimate of drug-likeness (QED) is 0.353. The molecule has 1 aliphatic heterocycles. The van der Waals surface area contributed by atoms with Gasteiger partial charge in [0.2, 0.25) is 5.88 Å². The Balaban J connectivity index is 1.43. The summed E-state index contributed by atoms with van der Waals surface area (Å²) in [6.07, 6.45) is 8.66. The molecular formula is C30H39N5O4S. The number of carbonyl (C=O) groups is 1.